The minimum Gasteiger partial charge on any atom is -0.907 e. The van der Waals surface area contributed by atoms with Crippen molar-refractivity contribution >= 4 is 46.2 Å². The molecule has 0 unspecified atom stereocenters. The van der Waals surface area contributed by atoms with E-state index in [4.69, 9.17) is 15.1 Å². The van der Waals surface area contributed by atoms with Crippen molar-refractivity contribution < 1.29 is 15.1 Å². The quantitative estimate of drug-likeness (QED) is 0.449. The molecular weight excluding hydrogens is 302 g/mol. The van der Waals surface area contributed by atoms with Crippen molar-refractivity contribution in [3.05, 3.63) is 59.7 Å². The van der Waals surface area contributed by atoms with Gasteiger partial charge in [-0.25, -0.2) is 0 Å². The van der Waals surface area contributed by atoms with E-state index in [1.165, 1.54) is 47.2 Å². The second-order valence-electron chi connectivity index (χ2n) is 5.58. The molecule has 0 atom stereocenters. The molecule has 0 heterocycles. The van der Waals surface area contributed by atoms with Crippen molar-refractivity contribution in [3.8, 4) is 0 Å². The maximum absolute atomic E-state index is 8.42. The van der Waals surface area contributed by atoms with E-state index in [2.05, 4.69) is 48.5 Å². The number of hydrogen-bond acceptors (Lipinski definition) is 3. The standard InChI is InChI=1S/C18H16.Al.BO3/c1-3-7-15-13(5-1)9-11-18-16-8-4-2-6-14(16)10-12-17(15)18;;2-1(3)4/h1,3,5,7,9-12H,2,4,6,8H2;;/q;+3;-3. The Morgan fingerprint density at radius 1 is 0.696 bits per heavy atom. The predicted molar refractivity (Wildman–Crippen MR) is 89.6 cm³/mol. The van der Waals surface area contributed by atoms with Crippen molar-refractivity contribution in [1.82, 2.24) is 0 Å². The van der Waals surface area contributed by atoms with Gasteiger partial charge in [0, 0.05) is 0 Å². The summed E-state index contributed by atoms with van der Waals surface area (Å²) in [5, 5.41) is 30.9. The van der Waals surface area contributed by atoms with Crippen LogP contribution in [-0.2, 0) is 12.8 Å². The van der Waals surface area contributed by atoms with Gasteiger partial charge in [-0.1, -0.05) is 48.5 Å². The molecule has 1 aliphatic rings. The summed E-state index contributed by atoms with van der Waals surface area (Å²) < 4.78 is 0. The first-order chi connectivity index (χ1) is 10.7. The Morgan fingerprint density at radius 2 is 1.35 bits per heavy atom. The van der Waals surface area contributed by atoms with Crippen molar-refractivity contribution in [2.24, 2.45) is 0 Å². The molecule has 0 bridgehead atoms. The molecule has 3 aromatic carbocycles. The molecule has 5 heteroatoms. The van der Waals surface area contributed by atoms with Crippen molar-refractivity contribution in [3.63, 3.8) is 0 Å². The zero-order valence-electron chi connectivity index (χ0n) is 12.8. The Bertz CT molecular complexity index is 802. The van der Waals surface area contributed by atoms with E-state index in [9.17, 15) is 0 Å². The van der Waals surface area contributed by atoms with Crippen LogP contribution in [-0.4, -0.2) is 24.7 Å². The van der Waals surface area contributed by atoms with Crippen molar-refractivity contribution in [2.75, 3.05) is 0 Å². The SMILES string of the molecule is [Al+3].[O-]B([O-])[O-].c1ccc2c(c1)ccc1c3c(ccc12)CCCC3. The molecule has 0 spiro atoms. The molecule has 0 radical (unpaired) electrons. The molecule has 0 aromatic heterocycles. The maximum Gasteiger partial charge on any atom is 3.00 e. The van der Waals surface area contributed by atoms with Crippen LogP contribution in [0.3, 0.4) is 0 Å². The van der Waals surface area contributed by atoms with Crippen LogP contribution in [0.1, 0.15) is 24.0 Å². The number of benzene rings is 3. The molecular formula is C18H16AlBO3. The van der Waals surface area contributed by atoms with Gasteiger partial charge in [-0.2, -0.15) is 0 Å². The molecule has 3 nitrogen and oxygen atoms in total. The van der Waals surface area contributed by atoms with Crippen LogP contribution in [0.15, 0.2) is 48.5 Å². The molecule has 0 N–H and O–H groups in total. The zero-order valence-corrected chi connectivity index (χ0v) is 14.0. The third kappa shape index (κ3) is 3.95. The first kappa shape index (κ1) is 18.0. The van der Waals surface area contributed by atoms with Gasteiger partial charge in [0.25, 0.3) is 0 Å². The summed E-state index contributed by atoms with van der Waals surface area (Å²) in [6.07, 6.45) is 5.22. The molecule has 1 aliphatic carbocycles. The topological polar surface area (TPSA) is 69.2 Å². The van der Waals surface area contributed by atoms with E-state index in [1.807, 2.05) is 0 Å². The van der Waals surface area contributed by atoms with Gasteiger partial charge < -0.3 is 15.1 Å². The van der Waals surface area contributed by atoms with Crippen LogP contribution in [0.2, 0.25) is 0 Å². The van der Waals surface area contributed by atoms with Crippen LogP contribution in [0.25, 0.3) is 21.5 Å². The molecule has 0 amide bonds. The van der Waals surface area contributed by atoms with Gasteiger partial charge in [-0.05, 0) is 58.4 Å². The van der Waals surface area contributed by atoms with Gasteiger partial charge in [0.1, 0.15) is 0 Å². The molecule has 23 heavy (non-hydrogen) atoms. The molecule has 112 valence electrons. The minimum absolute atomic E-state index is 0. The van der Waals surface area contributed by atoms with E-state index in [0.29, 0.717) is 0 Å². The Kier molecular flexibility index (Phi) is 6.23. The van der Waals surface area contributed by atoms with Crippen LogP contribution in [0.4, 0.5) is 0 Å². The number of fused-ring (bicyclic) bond motifs is 5. The average molecular weight is 318 g/mol. The molecule has 0 fully saturated rings. The Hall–Kier alpha value is -1.34. The van der Waals surface area contributed by atoms with E-state index >= 15 is 0 Å². The smallest absolute Gasteiger partial charge is 0.907 e. The zero-order chi connectivity index (χ0) is 15.5. The number of rotatable bonds is 0. The Morgan fingerprint density at radius 3 is 2.13 bits per heavy atom. The normalized spacial score (nSPS) is 12.8. The fourth-order valence-corrected chi connectivity index (χ4v) is 3.34. The minimum atomic E-state index is -2.92. The molecule has 3 aromatic rings. The summed E-state index contributed by atoms with van der Waals surface area (Å²) in [7, 11) is -2.92. The number of aryl methyl sites for hydroxylation is 2. The summed E-state index contributed by atoms with van der Waals surface area (Å²) in [6, 6.07) is 18.0. The number of hydrogen-bond donors (Lipinski definition) is 0. The third-order valence-electron chi connectivity index (χ3n) is 4.26. The van der Waals surface area contributed by atoms with Crippen LogP contribution >= 0.6 is 0 Å². The largest absolute Gasteiger partial charge is 3.00 e. The van der Waals surface area contributed by atoms with Crippen LogP contribution in [0.5, 0.6) is 0 Å². The molecule has 0 saturated carbocycles. The van der Waals surface area contributed by atoms with Gasteiger partial charge in [0.05, 0.1) is 0 Å². The third-order valence-corrected chi connectivity index (χ3v) is 4.26. The summed E-state index contributed by atoms with van der Waals surface area (Å²) in [5.74, 6) is 0. The van der Waals surface area contributed by atoms with Gasteiger partial charge in [-0.15, -0.1) is 0 Å². The average Bonchev–Trinajstić information content (AvgIpc) is 2.54. The molecule has 0 saturated heterocycles. The van der Waals surface area contributed by atoms with Gasteiger partial charge in [-0.3, -0.25) is 7.32 Å². The van der Waals surface area contributed by atoms with E-state index in [-0.39, 0.29) is 17.4 Å². The summed E-state index contributed by atoms with van der Waals surface area (Å²) in [4.78, 5) is 0. The van der Waals surface area contributed by atoms with Crippen molar-refractivity contribution in [2.45, 2.75) is 25.7 Å². The summed E-state index contributed by atoms with van der Waals surface area (Å²) in [5.41, 5.74) is 3.17. The predicted octanol–water partition coefficient (Wildman–Crippen LogP) is 0.543. The van der Waals surface area contributed by atoms with Crippen LogP contribution in [0, 0.1) is 0 Å². The fourth-order valence-electron chi connectivity index (χ4n) is 3.34. The Balaban J connectivity index is 0.000000349. The first-order valence-electron chi connectivity index (χ1n) is 7.56. The molecule has 4 rings (SSSR count). The van der Waals surface area contributed by atoms with Crippen LogP contribution < -0.4 is 15.1 Å². The van der Waals surface area contributed by atoms with Crippen molar-refractivity contribution in [1.29, 1.82) is 0 Å². The van der Waals surface area contributed by atoms with Gasteiger partial charge in [0.2, 0.25) is 0 Å². The second-order valence-corrected chi connectivity index (χ2v) is 5.58. The van der Waals surface area contributed by atoms with Gasteiger partial charge in [0.15, 0.2) is 0 Å². The first-order valence-corrected chi connectivity index (χ1v) is 7.56. The fraction of sp³-hybridized carbons (Fsp3) is 0.222. The van der Waals surface area contributed by atoms with E-state index in [1.54, 1.807) is 11.1 Å². The maximum atomic E-state index is 8.42. The van der Waals surface area contributed by atoms with Gasteiger partial charge >= 0.3 is 17.4 Å². The molecule has 0 aliphatic heterocycles. The summed E-state index contributed by atoms with van der Waals surface area (Å²) >= 11 is 0. The van der Waals surface area contributed by atoms with E-state index < -0.39 is 7.32 Å². The second kappa shape index (κ2) is 7.96. The Labute approximate surface area is 146 Å². The monoisotopic (exact) mass is 318 g/mol. The summed E-state index contributed by atoms with van der Waals surface area (Å²) in [6.45, 7) is 0. The van der Waals surface area contributed by atoms with E-state index in [0.717, 1.165) is 0 Å².